The number of halogens is 1. The van der Waals surface area contributed by atoms with Crippen molar-refractivity contribution in [3.8, 4) is 0 Å². The third kappa shape index (κ3) is 9.22. The van der Waals surface area contributed by atoms with Gasteiger partial charge in [0.05, 0.1) is 6.61 Å². The van der Waals surface area contributed by atoms with Gasteiger partial charge in [0, 0.05) is 19.6 Å². The highest BCUT2D eigenvalue weighted by Crippen LogP contribution is 2.33. The number of allylic oxidation sites excluding steroid dienone is 3. The van der Waals surface area contributed by atoms with E-state index in [0.29, 0.717) is 24.7 Å². The largest absolute Gasteiger partial charge is 0.468 e. The molecule has 0 spiro atoms. The lowest BCUT2D eigenvalue weighted by Crippen LogP contribution is -2.33. The molecule has 1 aliphatic carbocycles. The Bertz CT molecular complexity index is 648. The van der Waals surface area contributed by atoms with E-state index in [1.165, 1.54) is 17.5 Å². The van der Waals surface area contributed by atoms with Gasteiger partial charge in [0.1, 0.15) is 5.76 Å². The quantitative estimate of drug-likeness (QED) is 0.244. The summed E-state index contributed by atoms with van der Waals surface area (Å²) in [6, 6.07) is 8.74. The summed E-state index contributed by atoms with van der Waals surface area (Å²) >= 11 is 0. The summed E-state index contributed by atoms with van der Waals surface area (Å²) in [4.78, 5) is 2.45. The van der Waals surface area contributed by atoms with Gasteiger partial charge in [-0.15, -0.1) is 24.0 Å². The summed E-state index contributed by atoms with van der Waals surface area (Å²) in [7, 11) is 0. The SMILES string of the molecule is CC(C)(C)C1C=CC(OCOCCN2CCc3ccccc3C2)=CC1.CCC.I. The molecule has 0 saturated carbocycles. The van der Waals surface area contributed by atoms with Gasteiger partial charge >= 0.3 is 0 Å². The van der Waals surface area contributed by atoms with Crippen LogP contribution in [0.25, 0.3) is 0 Å². The Labute approximate surface area is 195 Å². The monoisotopic (exact) mass is 513 g/mol. The lowest BCUT2D eigenvalue weighted by Gasteiger charge is -2.29. The molecular formula is C25H40INO2. The number of nitrogens with zero attached hydrogens (tertiary/aromatic N) is 1. The van der Waals surface area contributed by atoms with Crippen LogP contribution in [-0.4, -0.2) is 31.4 Å². The molecule has 3 nitrogen and oxygen atoms in total. The van der Waals surface area contributed by atoms with Gasteiger partial charge in [-0.3, -0.25) is 4.90 Å². The van der Waals surface area contributed by atoms with Crippen LogP contribution < -0.4 is 0 Å². The lowest BCUT2D eigenvalue weighted by atomic mass is 9.77. The van der Waals surface area contributed by atoms with Crippen LogP contribution in [0.4, 0.5) is 0 Å². The Morgan fingerprint density at radius 2 is 1.79 bits per heavy atom. The van der Waals surface area contributed by atoms with Crippen molar-refractivity contribution < 1.29 is 9.47 Å². The Morgan fingerprint density at radius 1 is 1.10 bits per heavy atom. The first-order chi connectivity index (χ1) is 13.4. The van der Waals surface area contributed by atoms with E-state index in [1.54, 1.807) is 0 Å². The molecule has 2 aliphatic rings. The molecule has 164 valence electrons. The Balaban J connectivity index is 0.000000990. The number of fused-ring (bicyclic) bond motifs is 1. The molecular weight excluding hydrogens is 473 g/mol. The molecule has 0 N–H and O–H groups in total. The van der Waals surface area contributed by atoms with Crippen molar-refractivity contribution >= 4 is 24.0 Å². The minimum absolute atomic E-state index is 0. The number of benzene rings is 1. The van der Waals surface area contributed by atoms with Crippen molar-refractivity contribution in [1.29, 1.82) is 0 Å². The summed E-state index contributed by atoms with van der Waals surface area (Å²) in [5.74, 6) is 1.52. The van der Waals surface area contributed by atoms with Crippen LogP contribution in [0.3, 0.4) is 0 Å². The fourth-order valence-electron chi connectivity index (χ4n) is 3.46. The van der Waals surface area contributed by atoms with E-state index in [0.717, 1.165) is 38.2 Å². The van der Waals surface area contributed by atoms with Gasteiger partial charge in [-0.25, -0.2) is 0 Å². The average molecular weight is 514 g/mol. The van der Waals surface area contributed by atoms with Gasteiger partial charge in [-0.05, 0) is 47.5 Å². The second-order valence-corrected chi connectivity index (χ2v) is 8.85. The second-order valence-electron chi connectivity index (χ2n) is 8.85. The minimum Gasteiger partial charge on any atom is -0.468 e. The summed E-state index contributed by atoms with van der Waals surface area (Å²) in [6.45, 7) is 15.2. The molecule has 0 aromatic heterocycles. The topological polar surface area (TPSA) is 21.7 Å². The lowest BCUT2D eigenvalue weighted by molar-refractivity contribution is -0.0279. The zero-order valence-corrected chi connectivity index (χ0v) is 21.3. The molecule has 1 aliphatic heterocycles. The highest BCUT2D eigenvalue weighted by atomic mass is 127. The zero-order valence-electron chi connectivity index (χ0n) is 18.9. The smallest absolute Gasteiger partial charge is 0.189 e. The van der Waals surface area contributed by atoms with Crippen molar-refractivity contribution in [2.45, 2.75) is 60.4 Å². The van der Waals surface area contributed by atoms with Gasteiger partial charge in [-0.1, -0.05) is 71.4 Å². The first kappa shape index (κ1) is 26.2. The standard InChI is InChI=1S/C22H31NO2.C3H8.HI/c1-22(2,3)20-8-10-21(11-9-20)25-17-24-15-14-23-13-12-18-6-4-5-7-19(18)16-23;1-3-2;/h4-8,10-11,20H,9,12-17H2,1-3H3;3H2,1-2H3;1H. The van der Waals surface area contributed by atoms with Gasteiger partial charge in [-0.2, -0.15) is 0 Å². The maximum absolute atomic E-state index is 5.72. The molecule has 1 aromatic carbocycles. The number of hydrogen-bond donors (Lipinski definition) is 0. The van der Waals surface area contributed by atoms with E-state index in [4.69, 9.17) is 9.47 Å². The molecule has 0 fully saturated rings. The molecule has 1 heterocycles. The Morgan fingerprint density at radius 3 is 2.41 bits per heavy atom. The first-order valence-electron chi connectivity index (χ1n) is 10.8. The molecule has 3 rings (SSSR count). The van der Waals surface area contributed by atoms with E-state index < -0.39 is 0 Å². The van der Waals surface area contributed by atoms with Crippen LogP contribution in [0.2, 0.25) is 0 Å². The van der Waals surface area contributed by atoms with E-state index >= 15 is 0 Å². The Kier molecular flexibility index (Phi) is 12.1. The fourth-order valence-corrected chi connectivity index (χ4v) is 3.46. The molecule has 0 bridgehead atoms. The third-order valence-corrected chi connectivity index (χ3v) is 5.25. The zero-order chi connectivity index (χ0) is 20.4. The summed E-state index contributed by atoms with van der Waals surface area (Å²) in [6.07, 6.45) is 9.97. The number of ether oxygens (including phenoxy) is 2. The van der Waals surface area contributed by atoms with Crippen LogP contribution in [0, 0.1) is 11.3 Å². The predicted molar refractivity (Wildman–Crippen MR) is 133 cm³/mol. The van der Waals surface area contributed by atoms with Crippen LogP contribution in [0.5, 0.6) is 0 Å². The molecule has 4 heteroatoms. The van der Waals surface area contributed by atoms with Gasteiger partial charge in [0.2, 0.25) is 0 Å². The first-order valence-corrected chi connectivity index (χ1v) is 10.8. The van der Waals surface area contributed by atoms with Crippen molar-refractivity contribution in [1.82, 2.24) is 4.90 Å². The fraction of sp³-hybridized carbons (Fsp3) is 0.600. The molecule has 0 radical (unpaired) electrons. The Hall–Kier alpha value is -0.850. The third-order valence-electron chi connectivity index (χ3n) is 5.25. The predicted octanol–water partition coefficient (Wildman–Crippen LogP) is 6.58. The highest BCUT2D eigenvalue weighted by molar-refractivity contribution is 14.0. The van der Waals surface area contributed by atoms with Crippen molar-refractivity contribution in [2.75, 3.05) is 26.5 Å². The van der Waals surface area contributed by atoms with Crippen LogP contribution in [-0.2, 0) is 22.4 Å². The number of rotatable bonds is 6. The molecule has 1 aromatic rings. The molecule has 0 amide bonds. The number of hydrogen-bond acceptors (Lipinski definition) is 3. The van der Waals surface area contributed by atoms with E-state index in [1.807, 2.05) is 0 Å². The maximum atomic E-state index is 5.72. The van der Waals surface area contributed by atoms with Crippen LogP contribution in [0.1, 0.15) is 58.6 Å². The summed E-state index contributed by atoms with van der Waals surface area (Å²) in [5, 5.41) is 0. The van der Waals surface area contributed by atoms with E-state index in [-0.39, 0.29) is 24.0 Å². The minimum atomic E-state index is 0. The van der Waals surface area contributed by atoms with Crippen molar-refractivity contribution in [3.05, 3.63) is 59.4 Å². The van der Waals surface area contributed by atoms with Gasteiger partial charge in [0.25, 0.3) is 0 Å². The van der Waals surface area contributed by atoms with E-state index in [2.05, 4.69) is 82.0 Å². The van der Waals surface area contributed by atoms with Crippen LogP contribution >= 0.6 is 24.0 Å². The average Bonchev–Trinajstić information content (AvgIpc) is 2.68. The second kappa shape index (κ2) is 13.5. The van der Waals surface area contributed by atoms with Crippen molar-refractivity contribution in [3.63, 3.8) is 0 Å². The van der Waals surface area contributed by atoms with Crippen LogP contribution in [0.15, 0.2) is 48.3 Å². The summed E-state index contributed by atoms with van der Waals surface area (Å²) in [5.41, 5.74) is 3.26. The van der Waals surface area contributed by atoms with Gasteiger partial charge in [0.15, 0.2) is 6.79 Å². The molecule has 1 atom stereocenters. The van der Waals surface area contributed by atoms with E-state index in [9.17, 15) is 0 Å². The molecule has 0 saturated heterocycles. The maximum Gasteiger partial charge on any atom is 0.189 e. The molecule has 29 heavy (non-hydrogen) atoms. The van der Waals surface area contributed by atoms with Gasteiger partial charge < -0.3 is 9.47 Å². The van der Waals surface area contributed by atoms with Crippen molar-refractivity contribution in [2.24, 2.45) is 11.3 Å². The highest BCUT2D eigenvalue weighted by Gasteiger charge is 2.23. The normalized spacial score (nSPS) is 18.7. The summed E-state index contributed by atoms with van der Waals surface area (Å²) < 4.78 is 11.4. The molecule has 1 unspecified atom stereocenters.